The van der Waals surface area contributed by atoms with Crippen molar-refractivity contribution in [2.24, 2.45) is 0 Å². The highest BCUT2D eigenvalue weighted by molar-refractivity contribution is 6.12. The molecule has 0 bridgehead atoms. The van der Waals surface area contributed by atoms with Gasteiger partial charge in [0.25, 0.3) is 11.8 Å². The first-order chi connectivity index (χ1) is 8.06. The van der Waals surface area contributed by atoms with Crippen LogP contribution in [0.1, 0.15) is 6.42 Å². The minimum absolute atomic E-state index is 0.0767. The molecule has 7 heteroatoms. The van der Waals surface area contributed by atoms with Crippen molar-refractivity contribution in [1.82, 2.24) is 10.2 Å². The van der Waals surface area contributed by atoms with Crippen LogP contribution in [0.3, 0.4) is 0 Å². The molecule has 0 radical (unpaired) electrons. The van der Waals surface area contributed by atoms with Gasteiger partial charge < -0.3 is 15.2 Å². The van der Waals surface area contributed by atoms with Crippen LogP contribution in [-0.2, 0) is 19.2 Å². The topological polar surface area (TPSA) is 104 Å². The molecular weight excluding hydrogens is 228 g/mol. The number of hydrogen-bond donors (Lipinski definition) is 2. The summed E-state index contributed by atoms with van der Waals surface area (Å²) in [7, 11) is 0. The van der Waals surface area contributed by atoms with Gasteiger partial charge in [0, 0.05) is 31.7 Å². The van der Waals surface area contributed by atoms with Gasteiger partial charge in [-0.2, -0.15) is 0 Å². The predicted molar refractivity (Wildman–Crippen MR) is 56.0 cm³/mol. The smallest absolute Gasteiger partial charge is 0.321 e. The van der Waals surface area contributed by atoms with E-state index >= 15 is 0 Å². The van der Waals surface area contributed by atoms with Gasteiger partial charge in [0.1, 0.15) is 12.3 Å². The van der Waals surface area contributed by atoms with E-state index in [2.05, 4.69) is 5.32 Å². The molecule has 0 fully saturated rings. The Morgan fingerprint density at radius 2 is 2.00 bits per heavy atom. The van der Waals surface area contributed by atoms with Crippen molar-refractivity contribution < 1.29 is 24.3 Å². The number of imide groups is 1. The Morgan fingerprint density at radius 3 is 2.47 bits per heavy atom. The number of aliphatic carboxylic acids is 1. The summed E-state index contributed by atoms with van der Waals surface area (Å²) in [4.78, 5) is 44.1. The van der Waals surface area contributed by atoms with Crippen LogP contribution in [-0.4, -0.2) is 53.2 Å². The minimum atomic E-state index is -1.14. The van der Waals surface area contributed by atoms with Gasteiger partial charge in [0.05, 0.1) is 0 Å². The molecule has 17 heavy (non-hydrogen) atoms. The average molecular weight is 240 g/mol. The molecule has 0 spiro atoms. The van der Waals surface area contributed by atoms with Crippen LogP contribution in [0, 0.1) is 0 Å². The lowest BCUT2D eigenvalue weighted by molar-refractivity contribution is -0.140. The Morgan fingerprint density at radius 1 is 1.41 bits per heavy atom. The number of nitrogens with zero attached hydrogens (tertiary/aromatic N) is 1. The largest absolute Gasteiger partial charge is 0.480 e. The number of rotatable bonds is 7. The maximum Gasteiger partial charge on any atom is 0.321 e. The van der Waals surface area contributed by atoms with Gasteiger partial charge in [-0.15, -0.1) is 0 Å². The second kappa shape index (κ2) is 5.90. The van der Waals surface area contributed by atoms with E-state index in [-0.39, 0.29) is 19.5 Å². The third kappa shape index (κ3) is 3.49. The fraction of sp³-hybridized carbons (Fsp3) is 0.400. The molecule has 1 rings (SSSR count). The van der Waals surface area contributed by atoms with Crippen LogP contribution in [0.5, 0.6) is 0 Å². The lowest BCUT2D eigenvalue weighted by Crippen LogP contribution is -2.43. The zero-order chi connectivity index (χ0) is 12.8. The summed E-state index contributed by atoms with van der Waals surface area (Å²) >= 11 is 0. The molecule has 0 aromatic rings. The lowest BCUT2D eigenvalue weighted by atomic mass is 10.2. The number of carbonyl (C=O) groups excluding carboxylic acids is 3. The fourth-order valence-electron chi connectivity index (χ4n) is 1.37. The Bertz CT molecular complexity index is 359. The first kappa shape index (κ1) is 13.0. The van der Waals surface area contributed by atoms with Crippen molar-refractivity contribution in [3.63, 3.8) is 0 Å². The lowest BCUT2D eigenvalue weighted by Gasteiger charge is -2.16. The van der Waals surface area contributed by atoms with E-state index in [4.69, 9.17) is 5.11 Å². The Hall–Kier alpha value is -2.02. The number of aldehydes is 1. The van der Waals surface area contributed by atoms with E-state index in [0.29, 0.717) is 6.29 Å². The summed E-state index contributed by atoms with van der Waals surface area (Å²) in [5.41, 5.74) is 0. The van der Waals surface area contributed by atoms with E-state index in [1.807, 2.05) is 0 Å². The molecule has 0 aromatic heterocycles. The Balaban J connectivity index is 2.36. The van der Waals surface area contributed by atoms with Gasteiger partial charge in [-0.1, -0.05) is 0 Å². The van der Waals surface area contributed by atoms with E-state index in [1.54, 1.807) is 0 Å². The van der Waals surface area contributed by atoms with E-state index in [0.717, 1.165) is 17.1 Å². The summed E-state index contributed by atoms with van der Waals surface area (Å²) in [5, 5.41) is 11.3. The molecule has 1 heterocycles. The van der Waals surface area contributed by atoms with E-state index < -0.39 is 23.8 Å². The summed E-state index contributed by atoms with van der Waals surface area (Å²) < 4.78 is 0. The molecule has 1 unspecified atom stereocenters. The monoisotopic (exact) mass is 240 g/mol. The normalized spacial score (nSPS) is 16.4. The van der Waals surface area contributed by atoms with Crippen molar-refractivity contribution >= 4 is 24.1 Å². The van der Waals surface area contributed by atoms with Gasteiger partial charge in [0.15, 0.2) is 0 Å². The second-order valence-corrected chi connectivity index (χ2v) is 3.41. The highest BCUT2D eigenvalue weighted by Gasteiger charge is 2.23. The summed E-state index contributed by atoms with van der Waals surface area (Å²) in [6.07, 6.45) is 2.65. The quantitative estimate of drug-likeness (QED) is 0.416. The van der Waals surface area contributed by atoms with Gasteiger partial charge in [0.2, 0.25) is 0 Å². The molecule has 1 atom stereocenters. The third-order valence-electron chi connectivity index (χ3n) is 2.26. The van der Waals surface area contributed by atoms with Crippen molar-refractivity contribution in [1.29, 1.82) is 0 Å². The Labute approximate surface area is 97.1 Å². The molecule has 1 aliphatic heterocycles. The molecule has 0 aliphatic carbocycles. The average Bonchev–Trinajstić information content (AvgIpc) is 2.58. The highest BCUT2D eigenvalue weighted by atomic mass is 16.4. The zero-order valence-electron chi connectivity index (χ0n) is 8.96. The van der Waals surface area contributed by atoms with Crippen molar-refractivity contribution in [2.75, 3.05) is 13.1 Å². The fourth-order valence-corrected chi connectivity index (χ4v) is 1.37. The number of nitrogens with one attached hydrogen (secondary N) is 1. The molecule has 0 saturated carbocycles. The molecule has 2 N–H and O–H groups in total. The number of carboxylic acid groups (broad SMARTS) is 1. The van der Waals surface area contributed by atoms with Crippen LogP contribution < -0.4 is 5.32 Å². The molecule has 0 aromatic carbocycles. The highest BCUT2D eigenvalue weighted by Crippen LogP contribution is 2.02. The maximum atomic E-state index is 11.1. The number of hydrogen-bond acceptors (Lipinski definition) is 5. The molecule has 0 saturated heterocycles. The van der Waals surface area contributed by atoms with Gasteiger partial charge >= 0.3 is 5.97 Å². The van der Waals surface area contributed by atoms with Crippen LogP contribution in [0.2, 0.25) is 0 Å². The molecule has 2 amide bonds. The predicted octanol–water partition coefficient (Wildman–Crippen LogP) is -1.46. The second-order valence-electron chi connectivity index (χ2n) is 3.41. The maximum absolute atomic E-state index is 11.1. The number of carboxylic acids is 1. The standard InChI is InChI=1S/C10H12N2O5/c13-6-3-7(10(16)17)11-4-5-12-8(14)1-2-9(12)15/h1-2,6-7,11H,3-5H2,(H,16,17). The SMILES string of the molecule is O=CCC(NCCN1C(=O)C=CC1=O)C(=O)O. The molecule has 92 valence electrons. The molecule has 7 nitrogen and oxygen atoms in total. The first-order valence-corrected chi connectivity index (χ1v) is 4.99. The van der Waals surface area contributed by atoms with Crippen molar-refractivity contribution in [2.45, 2.75) is 12.5 Å². The minimum Gasteiger partial charge on any atom is -0.480 e. The van der Waals surface area contributed by atoms with Crippen molar-refractivity contribution in [3.8, 4) is 0 Å². The van der Waals surface area contributed by atoms with Crippen LogP contribution >= 0.6 is 0 Å². The Kier molecular flexibility index (Phi) is 4.53. The molecular formula is C10H12N2O5. The van der Waals surface area contributed by atoms with Crippen LogP contribution in [0.15, 0.2) is 12.2 Å². The summed E-state index contributed by atoms with van der Waals surface area (Å²) in [6.45, 7) is 0.206. The summed E-state index contributed by atoms with van der Waals surface area (Å²) in [6, 6.07) is -0.992. The first-order valence-electron chi connectivity index (χ1n) is 4.99. The van der Waals surface area contributed by atoms with Gasteiger partial charge in [-0.3, -0.25) is 19.3 Å². The van der Waals surface area contributed by atoms with Crippen LogP contribution in [0.4, 0.5) is 0 Å². The number of carbonyl (C=O) groups is 4. The van der Waals surface area contributed by atoms with Crippen molar-refractivity contribution in [3.05, 3.63) is 12.2 Å². The zero-order valence-corrected chi connectivity index (χ0v) is 8.96. The molecule has 1 aliphatic rings. The third-order valence-corrected chi connectivity index (χ3v) is 2.26. The van der Waals surface area contributed by atoms with Crippen LogP contribution in [0.25, 0.3) is 0 Å². The van der Waals surface area contributed by atoms with Gasteiger partial charge in [-0.05, 0) is 0 Å². The number of amides is 2. The van der Waals surface area contributed by atoms with Gasteiger partial charge in [-0.25, -0.2) is 0 Å². The van der Waals surface area contributed by atoms with E-state index in [1.165, 1.54) is 0 Å². The summed E-state index contributed by atoms with van der Waals surface area (Å²) in [5.74, 6) is -1.98. The van der Waals surface area contributed by atoms with E-state index in [9.17, 15) is 19.2 Å².